The van der Waals surface area contributed by atoms with Gasteiger partial charge in [0.1, 0.15) is 11.5 Å². The molecule has 0 bridgehead atoms. The second kappa shape index (κ2) is 6.60. The second-order valence-electron chi connectivity index (χ2n) is 5.78. The van der Waals surface area contributed by atoms with Crippen LogP contribution in [0.25, 0.3) is 16.8 Å². The molecule has 1 amide bonds. The van der Waals surface area contributed by atoms with Gasteiger partial charge in [0, 0.05) is 50.1 Å². The van der Waals surface area contributed by atoms with Crippen molar-refractivity contribution < 1.29 is 4.79 Å². The highest BCUT2D eigenvalue weighted by molar-refractivity contribution is 5.88. The summed E-state index contributed by atoms with van der Waals surface area (Å²) in [6.07, 6.45) is 7.08. The van der Waals surface area contributed by atoms with E-state index in [4.69, 9.17) is 5.73 Å². The molecule has 8 heteroatoms. The number of nitrogens with two attached hydrogens (primary N) is 1. The maximum absolute atomic E-state index is 11.2. The zero-order chi connectivity index (χ0) is 18.0. The highest BCUT2D eigenvalue weighted by atomic mass is 16.1. The molecule has 0 fully saturated rings. The molecule has 0 radical (unpaired) electrons. The number of imidazole rings is 1. The van der Waals surface area contributed by atoms with E-state index in [0.29, 0.717) is 11.6 Å². The summed E-state index contributed by atoms with van der Waals surface area (Å²) in [7, 11) is 3.67. The number of hydrogen-bond acceptors (Lipinski definition) is 6. The molecule has 0 aliphatic heterocycles. The summed E-state index contributed by atoms with van der Waals surface area (Å²) < 4.78 is 1.85. The number of carbonyl (C=O) groups excluding carboxylic acids is 1. The van der Waals surface area contributed by atoms with Crippen LogP contribution in [0, 0.1) is 0 Å². The van der Waals surface area contributed by atoms with E-state index in [1.54, 1.807) is 23.6 Å². The lowest BCUT2D eigenvalue weighted by Crippen LogP contribution is -2.05. The molecule has 0 aliphatic rings. The van der Waals surface area contributed by atoms with Crippen LogP contribution >= 0.6 is 0 Å². The van der Waals surface area contributed by atoms with E-state index in [1.807, 2.05) is 42.9 Å². The first-order chi connectivity index (χ1) is 11.9. The predicted octanol–water partition coefficient (Wildman–Crippen LogP) is 1.83. The molecule has 3 aromatic heterocycles. The third-order valence-corrected chi connectivity index (χ3v) is 3.47. The molecule has 0 spiro atoms. The summed E-state index contributed by atoms with van der Waals surface area (Å²) in [6.45, 7) is 1.45. The van der Waals surface area contributed by atoms with Crippen LogP contribution in [0.2, 0.25) is 0 Å². The first kappa shape index (κ1) is 16.4. The fourth-order valence-electron chi connectivity index (χ4n) is 2.33. The Morgan fingerprint density at radius 1 is 1.32 bits per heavy atom. The van der Waals surface area contributed by atoms with Crippen LogP contribution in [0.5, 0.6) is 0 Å². The van der Waals surface area contributed by atoms with E-state index in [0.717, 1.165) is 22.3 Å². The standard InChI is InChI=1S/C17H19N7O/c1-11(25)21-15-10-24-9-12(4-5-16(24)22-15)13-6-14(8-20-23(2)3)17(18)19-7-13/h4-10H,1-3H3,(H2,18,19)(H,21,25)/b20-8+. The number of amides is 1. The van der Waals surface area contributed by atoms with Crippen LogP contribution in [0.15, 0.2) is 41.9 Å². The third-order valence-electron chi connectivity index (χ3n) is 3.47. The Kier molecular flexibility index (Phi) is 4.34. The number of pyridine rings is 2. The lowest BCUT2D eigenvalue weighted by Gasteiger charge is -2.07. The largest absolute Gasteiger partial charge is 0.383 e. The molecule has 0 aliphatic carbocycles. The fraction of sp³-hybridized carbons (Fsp3) is 0.176. The Bertz CT molecular complexity index is 959. The molecular formula is C17H19N7O. The van der Waals surface area contributed by atoms with Gasteiger partial charge in [0.2, 0.25) is 5.91 Å². The maximum atomic E-state index is 11.2. The van der Waals surface area contributed by atoms with Crippen molar-refractivity contribution in [3.63, 3.8) is 0 Å². The molecule has 0 saturated heterocycles. The molecule has 128 valence electrons. The molecule has 0 unspecified atom stereocenters. The Morgan fingerprint density at radius 2 is 2.12 bits per heavy atom. The Balaban J connectivity index is 1.98. The van der Waals surface area contributed by atoms with Crippen LogP contribution in [-0.4, -0.2) is 45.6 Å². The molecule has 8 nitrogen and oxygen atoms in total. The van der Waals surface area contributed by atoms with Crippen molar-refractivity contribution in [2.24, 2.45) is 5.10 Å². The van der Waals surface area contributed by atoms with E-state index >= 15 is 0 Å². The van der Waals surface area contributed by atoms with Crippen LogP contribution in [0.4, 0.5) is 11.6 Å². The summed E-state index contributed by atoms with van der Waals surface area (Å²) in [5.74, 6) is 0.779. The normalized spacial score (nSPS) is 11.2. The summed E-state index contributed by atoms with van der Waals surface area (Å²) in [5, 5.41) is 8.57. The SMILES string of the molecule is CC(=O)Nc1cn2cc(-c3cnc(N)c(/C=N/N(C)C)c3)ccc2n1. The predicted molar refractivity (Wildman–Crippen MR) is 98.4 cm³/mol. The number of nitrogen functional groups attached to an aromatic ring is 1. The van der Waals surface area contributed by atoms with Crippen molar-refractivity contribution in [3.05, 3.63) is 42.4 Å². The molecule has 25 heavy (non-hydrogen) atoms. The zero-order valence-electron chi connectivity index (χ0n) is 14.3. The summed E-state index contributed by atoms with van der Waals surface area (Å²) in [6, 6.07) is 5.76. The number of anilines is 2. The van der Waals surface area contributed by atoms with Gasteiger partial charge >= 0.3 is 0 Å². The molecule has 0 atom stereocenters. The van der Waals surface area contributed by atoms with E-state index in [1.165, 1.54) is 6.92 Å². The number of hydrazone groups is 1. The smallest absolute Gasteiger partial charge is 0.222 e. The van der Waals surface area contributed by atoms with Gasteiger partial charge in [-0.1, -0.05) is 0 Å². The van der Waals surface area contributed by atoms with Gasteiger partial charge in [0.25, 0.3) is 0 Å². The highest BCUT2D eigenvalue weighted by Crippen LogP contribution is 2.23. The molecule has 0 saturated carbocycles. The Labute approximate surface area is 145 Å². The lowest BCUT2D eigenvalue weighted by atomic mass is 10.1. The highest BCUT2D eigenvalue weighted by Gasteiger charge is 2.07. The van der Waals surface area contributed by atoms with Gasteiger partial charge in [-0.15, -0.1) is 0 Å². The second-order valence-corrected chi connectivity index (χ2v) is 5.78. The minimum Gasteiger partial charge on any atom is -0.383 e. The number of nitrogens with zero attached hydrogens (tertiary/aromatic N) is 5. The van der Waals surface area contributed by atoms with Gasteiger partial charge in [0.15, 0.2) is 5.82 Å². The molecule has 0 aromatic carbocycles. The van der Waals surface area contributed by atoms with Gasteiger partial charge in [-0.2, -0.15) is 5.10 Å². The minimum atomic E-state index is -0.156. The van der Waals surface area contributed by atoms with Crippen molar-refractivity contribution in [1.82, 2.24) is 19.4 Å². The van der Waals surface area contributed by atoms with Crippen LogP contribution < -0.4 is 11.1 Å². The number of carbonyl (C=O) groups is 1. The number of hydrogen-bond donors (Lipinski definition) is 2. The number of rotatable bonds is 4. The zero-order valence-corrected chi connectivity index (χ0v) is 14.3. The van der Waals surface area contributed by atoms with E-state index in [9.17, 15) is 4.79 Å². The molecule has 3 aromatic rings. The van der Waals surface area contributed by atoms with Gasteiger partial charge < -0.3 is 20.5 Å². The van der Waals surface area contributed by atoms with Crippen LogP contribution in [0.1, 0.15) is 12.5 Å². The summed E-state index contributed by atoms with van der Waals surface area (Å²) in [4.78, 5) is 19.7. The van der Waals surface area contributed by atoms with Gasteiger partial charge in [0.05, 0.1) is 12.4 Å². The lowest BCUT2D eigenvalue weighted by molar-refractivity contribution is -0.114. The first-order valence-corrected chi connectivity index (χ1v) is 7.66. The quantitative estimate of drug-likeness (QED) is 0.559. The molecule has 3 rings (SSSR count). The van der Waals surface area contributed by atoms with E-state index in [-0.39, 0.29) is 5.91 Å². The van der Waals surface area contributed by atoms with E-state index in [2.05, 4.69) is 20.4 Å². The topological polar surface area (TPSA) is 101 Å². The van der Waals surface area contributed by atoms with Crippen molar-refractivity contribution in [2.45, 2.75) is 6.92 Å². The van der Waals surface area contributed by atoms with Crippen molar-refractivity contribution in [3.8, 4) is 11.1 Å². The Hall–Kier alpha value is -3.42. The Morgan fingerprint density at radius 3 is 2.84 bits per heavy atom. The van der Waals surface area contributed by atoms with Crippen molar-refractivity contribution in [1.29, 1.82) is 0 Å². The summed E-state index contributed by atoms with van der Waals surface area (Å²) in [5.41, 5.74) is 9.26. The number of fused-ring (bicyclic) bond motifs is 1. The molecular weight excluding hydrogens is 318 g/mol. The third kappa shape index (κ3) is 3.74. The van der Waals surface area contributed by atoms with Crippen molar-refractivity contribution in [2.75, 3.05) is 25.1 Å². The maximum Gasteiger partial charge on any atom is 0.222 e. The first-order valence-electron chi connectivity index (χ1n) is 7.66. The molecule has 3 N–H and O–H groups in total. The van der Waals surface area contributed by atoms with E-state index < -0.39 is 0 Å². The summed E-state index contributed by atoms with van der Waals surface area (Å²) >= 11 is 0. The average molecular weight is 337 g/mol. The van der Waals surface area contributed by atoms with Gasteiger partial charge in [-0.05, 0) is 18.2 Å². The van der Waals surface area contributed by atoms with Crippen molar-refractivity contribution >= 4 is 29.4 Å². The average Bonchev–Trinajstić information content (AvgIpc) is 2.94. The monoisotopic (exact) mass is 337 g/mol. The number of nitrogens with one attached hydrogen (secondary N) is 1. The van der Waals surface area contributed by atoms with Gasteiger partial charge in [-0.3, -0.25) is 4.79 Å². The minimum absolute atomic E-state index is 0.156. The fourth-order valence-corrected chi connectivity index (χ4v) is 2.33. The van der Waals surface area contributed by atoms with Crippen LogP contribution in [-0.2, 0) is 4.79 Å². The number of aromatic nitrogens is 3. The van der Waals surface area contributed by atoms with Gasteiger partial charge in [-0.25, -0.2) is 9.97 Å². The van der Waals surface area contributed by atoms with Crippen LogP contribution in [0.3, 0.4) is 0 Å². The molecule has 3 heterocycles.